The van der Waals surface area contributed by atoms with E-state index in [4.69, 9.17) is 16.3 Å². The van der Waals surface area contributed by atoms with E-state index in [-0.39, 0.29) is 5.41 Å². The zero-order valence-electron chi connectivity index (χ0n) is 22.6. The highest BCUT2D eigenvalue weighted by atomic mass is 35.5. The monoisotopic (exact) mass is 505 g/mol. The summed E-state index contributed by atoms with van der Waals surface area (Å²) in [6.07, 6.45) is 8.58. The maximum Gasteiger partial charge on any atom is 0.133 e. The van der Waals surface area contributed by atoms with E-state index in [0.29, 0.717) is 0 Å². The summed E-state index contributed by atoms with van der Waals surface area (Å²) in [7, 11) is 3.87. The third kappa shape index (κ3) is 6.72. The van der Waals surface area contributed by atoms with Crippen molar-refractivity contribution in [3.63, 3.8) is 0 Å². The fourth-order valence-corrected chi connectivity index (χ4v) is 5.33. The van der Waals surface area contributed by atoms with E-state index < -0.39 is 0 Å². The van der Waals surface area contributed by atoms with Gasteiger partial charge in [0, 0.05) is 52.5 Å². The van der Waals surface area contributed by atoms with Gasteiger partial charge in [-0.3, -0.25) is 0 Å². The average Bonchev–Trinajstić information content (AvgIpc) is 2.92. The van der Waals surface area contributed by atoms with Gasteiger partial charge in [0.15, 0.2) is 0 Å². The van der Waals surface area contributed by atoms with E-state index in [1.54, 1.807) is 7.11 Å². The molecule has 0 fully saturated rings. The van der Waals surface area contributed by atoms with Crippen LogP contribution in [-0.4, -0.2) is 27.2 Å². The van der Waals surface area contributed by atoms with Crippen molar-refractivity contribution in [3.05, 3.63) is 94.5 Å². The van der Waals surface area contributed by atoms with Gasteiger partial charge in [0.05, 0.1) is 14.2 Å². The number of methoxy groups -OCH3 is 1. The fraction of sp³-hybridized carbons (Fsp3) is 0.375. The normalized spacial score (nSPS) is 13.1. The quantitative estimate of drug-likeness (QED) is 0.245. The van der Waals surface area contributed by atoms with Gasteiger partial charge in [0.1, 0.15) is 11.4 Å². The number of nitrogens with zero attached hydrogens (tertiary/aromatic N) is 1. The summed E-state index contributed by atoms with van der Waals surface area (Å²) in [6, 6.07) is 23.6. The zero-order chi connectivity index (χ0) is 26.0. The van der Waals surface area contributed by atoms with Crippen LogP contribution in [0.3, 0.4) is 0 Å². The van der Waals surface area contributed by atoms with Gasteiger partial charge < -0.3 is 15.0 Å². The molecule has 0 radical (unpaired) electrons. The molecule has 1 unspecified atom stereocenters. The standard InChI is InChI=1S/C32H41ClN2O/c1-6-32(22-20-25-13-10-9-11-14-25,29-23-27(33)17-19-30(29)34-4)21-12-15-26-16-18-28(24-31(26)36-5)35(7-2)8-3/h9-19,23-24,34H,6-8,20-22H2,1-5H3/p+1/b15-12+. The van der Waals surface area contributed by atoms with E-state index in [1.807, 2.05) is 6.07 Å². The Balaban J connectivity index is 1.95. The molecule has 3 nitrogen and oxygen atoms in total. The Morgan fingerprint density at radius 3 is 2.36 bits per heavy atom. The first kappa shape index (κ1) is 27.8. The van der Waals surface area contributed by atoms with Crippen molar-refractivity contribution in [1.82, 2.24) is 0 Å². The molecular weight excluding hydrogens is 464 g/mol. The molecule has 36 heavy (non-hydrogen) atoms. The van der Waals surface area contributed by atoms with E-state index in [2.05, 4.69) is 111 Å². The van der Waals surface area contributed by atoms with Gasteiger partial charge in [-0.05, 0) is 69.4 Å². The SMILES string of the molecule is CCN(CC)c1ccc(/C=C/CC(CC)(CCc2ccccc2)c2cc(Cl)ccc2[NH2+]C)c(OC)c1. The second-order valence-corrected chi connectivity index (χ2v) is 9.78. The van der Waals surface area contributed by atoms with Crippen LogP contribution in [0.4, 0.5) is 11.4 Å². The van der Waals surface area contributed by atoms with Crippen molar-refractivity contribution < 1.29 is 10.1 Å². The minimum atomic E-state index is -0.0204. The smallest absolute Gasteiger partial charge is 0.133 e. The van der Waals surface area contributed by atoms with E-state index >= 15 is 0 Å². The molecule has 0 bridgehead atoms. The number of aryl methyl sites for hydroxylation is 1. The number of hydrogen-bond donors (Lipinski definition) is 1. The highest BCUT2D eigenvalue weighted by Crippen LogP contribution is 2.41. The number of anilines is 1. The van der Waals surface area contributed by atoms with E-state index in [0.717, 1.165) is 55.1 Å². The van der Waals surface area contributed by atoms with Gasteiger partial charge in [-0.15, -0.1) is 0 Å². The Kier molecular flexibility index (Phi) is 10.5. The van der Waals surface area contributed by atoms with Crippen LogP contribution in [0.1, 0.15) is 56.7 Å². The molecule has 192 valence electrons. The maximum atomic E-state index is 6.54. The molecule has 4 heteroatoms. The summed E-state index contributed by atoms with van der Waals surface area (Å²) in [6.45, 7) is 8.62. The number of quaternary nitrogens is 1. The summed E-state index contributed by atoms with van der Waals surface area (Å²) in [5.41, 5.74) is 6.26. The Morgan fingerprint density at radius 2 is 1.72 bits per heavy atom. The van der Waals surface area contributed by atoms with Crippen molar-refractivity contribution in [1.29, 1.82) is 0 Å². The van der Waals surface area contributed by atoms with Crippen molar-refractivity contribution in [3.8, 4) is 5.75 Å². The van der Waals surface area contributed by atoms with Gasteiger partial charge in [-0.25, -0.2) is 0 Å². The Hall–Kier alpha value is -2.75. The molecule has 0 saturated heterocycles. The van der Waals surface area contributed by atoms with Crippen LogP contribution in [0.5, 0.6) is 5.75 Å². The molecule has 2 N–H and O–H groups in total. The molecule has 0 aliphatic rings. The third-order valence-corrected chi connectivity index (χ3v) is 7.70. The van der Waals surface area contributed by atoms with Crippen LogP contribution >= 0.6 is 11.6 Å². The highest BCUT2D eigenvalue weighted by molar-refractivity contribution is 6.30. The molecule has 0 heterocycles. The first-order chi connectivity index (χ1) is 17.5. The predicted octanol–water partition coefficient (Wildman–Crippen LogP) is 7.40. The Morgan fingerprint density at radius 1 is 0.972 bits per heavy atom. The van der Waals surface area contributed by atoms with Crippen LogP contribution in [0.15, 0.2) is 72.8 Å². The lowest BCUT2D eigenvalue weighted by Gasteiger charge is -2.33. The van der Waals surface area contributed by atoms with Crippen LogP contribution in [0.25, 0.3) is 6.08 Å². The lowest BCUT2D eigenvalue weighted by molar-refractivity contribution is -0.540. The molecule has 3 rings (SSSR count). The summed E-state index contributed by atoms with van der Waals surface area (Å²) < 4.78 is 5.78. The third-order valence-electron chi connectivity index (χ3n) is 7.46. The van der Waals surface area contributed by atoms with Crippen LogP contribution in [0.2, 0.25) is 5.02 Å². The van der Waals surface area contributed by atoms with Crippen molar-refractivity contribution in [2.45, 2.75) is 51.9 Å². The Labute approximate surface area is 223 Å². The largest absolute Gasteiger partial charge is 0.496 e. The molecule has 1 atom stereocenters. The molecular formula is C32H42ClN2O+. The van der Waals surface area contributed by atoms with Gasteiger partial charge in [-0.1, -0.05) is 61.0 Å². The van der Waals surface area contributed by atoms with Crippen LogP contribution in [0, 0.1) is 0 Å². The Bertz CT molecular complexity index is 1120. The minimum absolute atomic E-state index is 0.0204. The molecule has 0 aliphatic carbocycles. The molecule has 3 aromatic carbocycles. The number of nitrogens with two attached hydrogens (primary N) is 1. The number of benzene rings is 3. The van der Waals surface area contributed by atoms with Crippen molar-refractivity contribution >= 4 is 29.1 Å². The molecule has 0 aromatic heterocycles. The first-order valence-corrected chi connectivity index (χ1v) is 13.6. The number of rotatable bonds is 13. The summed E-state index contributed by atoms with van der Waals surface area (Å²) in [5, 5.41) is 3.00. The maximum absolute atomic E-state index is 6.54. The fourth-order valence-electron chi connectivity index (χ4n) is 5.16. The molecule has 0 saturated carbocycles. The minimum Gasteiger partial charge on any atom is -0.496 e. The predicted molar refractivity (Wildman–Crippen MR) is 156 cm³/mol. The average molecular weight is 506 g/mol. The number of hydrogen-bond acceptors (Lipinski definition) is 2. The molecule has 0 amide bonds. The van der Waals surface area contributed by atoms with Gasteiger partial charge in [0.25, 0.3) is 0 Å². The molecule has 3 aromatic rings. The topological polar surface area (TPSA) is 29.1 Å². The first-order valence-electron chi connectivity index (χ1n) is 13.2. The van der Waals surface area contributed by atoms with E-state index in [1.165, 1.54) is 22.5 Å². The second kappa shape index (κ2) is 13.5. The zero-order valence-corrected chi connectivity index (χ0v) is 23.3. The number of allylic oxidation sites excluding steroid dienone is 1. The molecule has 0 spiro atoms. The highest BCUT2D eigenvalue weighted by Gasteiger charge is 2.33. The number of halogens is 1. The molecule has 0 aliphatic heterocycles. The number of ether oxygens (including phenoxy) is 1. The van der Waals surface area contributed by atoms with E-state index in [9.17, 15) is 0 Å². The van der Waals surface area contributed by atoms with Gasteiger partial charge in [0.2, 0.25) is 0 Å². The van der Waals surface area contributed by atoms with Crippen LogP contribution < -0.4 is 15.0 Å². The second-order valence-electron chi connectivity index (χ2n) is 9.34. The summed E-state index contributed by atoms with van der Waals surface area (Å²) >= 11 is 6.54. The van der Waals surface area contributed by atoms with Crippen molar-refractivity contribution in [2.75, 3.05) is 32.1 Å². The van der Waals surface area contributed by atoms with Crippen LogP contribution in [-0.2, 0) is 11.8 Å². The lowest BCUT2D eigenvalue weighted by Crippen LogP contribution is -2.73. The van der Waals surface area contributed by atoms with Gasteiger partial charge >= 0.3 is 0 Å². The van der Waals surface area contributed by atoms with Crippen molar-refractivity contribution in [2.24, 2.45) is 0 Å². The van der Waals surface area contributed by atoms with Gasteiger partial charge in [-0.2, -0.15) is 0 Å². The summed E-state index contributed by atoms with van der Waals surface area (Å²) in [4.78, 5) is 2.34. The summed E-state index contributed by atoms with van der Waals surface area (Å²) in [5.74, 6) is 0.910. The lowest BCUT2D eigenvalue weighted by atomic mass is 9.70.